The van der Waals surface area contributed by atoms with E-state index in [1.807, 2.05) is 0 Å². The number of amidine groups is 1. The van der Waals surface area contributed by atoms with Crippen LogP contribution in [0.1, 0.15) is 30.5 Å². The lowest BCUT2D eigenvalue weighted by Crippen LogP contribution is -2.67. The molecule has 43 heavy (non-hydrogen) atoms. The highest BCUT2D eigenvalue weighted by Crippen LogP contribution is 2.40. The van der Waals surface area contributed by atoms with Gasteiger partial charge in [0.2, 0.25) is 0 Å². The first-order valence-corrected chi connectivity index (χ1v) is 12.6. The Morgan fingerprint density at radius 2 is 1.91 bits per heavy atom. The molecule has 1 amide bonds. The maximum Gasteiger partial charge on any atom is 0.420 e. The number of hydrogen-bond donors (Lipinski definition) is 6. The molecule has 0 aliphatic heterocycles. The number of hydrogen-bond acceptors (Lipinski definition) is 7. The van der Waals surface area contributed by atoms with Gasteiger partial charge in [0.15, 0.2) is 0 Å². The van der Waals surface area contributed by atoms with Crippen LogP contribution in [0.25, 0.3) is 5.57 Å². The first kappa shape index (κ1) is 32.3. The van der Waals surface area contributed by atoms with Crippen molar-refractivity contribution in [1.29, 1.82) is 5.41 Å². The van der Waals surface area contributed by atoms with Crippen molar-refractivity contribution in [3.05, 3.63) is 101 Å². The van der Waals surface area contributed by atoms with Crippen molar-refractivity contribution in [3.63, 3.8) is 0 Å². The van der Waals surface area contributed by atoms with Gasteiger partial charge in [-0.3, -0.25) is 10.2 Å². The van der Waals surface area contributed by atoms with Crippen LogP contribution < -0.4 is 26.3 Å². The Labute approximate surface area is 243 Å². The highest BCUT2D eigenvalue weighted by Gasteiger charge is 2.35. The number of alkyl halides is 3. The van der Waals surface area contributed by atoms with Crippen molar-refractivity contribution in [2.45, 2.75) is 26.1 Å². The third-order valence-corrected chi connectivity index (χ3v) is 5.88. The van der Waals surface area contributed by atoms with Crippen LogP contribution in [-0.2, 0) is 11.0 Å². The number of aliphatic hydroxyl groups excluding tert-OH is 1. The van der Waals surface area contributed by atoms with Crippen molar-refractivity contribution in [2.75, 3.05) is 17.7 Å². The molecule has 0 radical (unpaired) electrons. The number of nitrogens with one attached hydrogen (secondary N) is 4. The van der Waals surface area contributed by atoms with Crippen LogP contribution in [0.5, 0.6) is 11.5 Å². The van der Waals surface area contributed by atoms with Gasteiger partial charge in [0.05, 0.1) is 6.61 Å². The number of nitrogen functional groups attached to an aromatic ring is 1. The number of nitrogens with zero attached hydrogens (tertiary/aromatic N) is 1. The molecule has 0 aliphatic rings. The molecule has 2 aromatic carbocycles. The number of rotatable bonds is 10. The number of aromatic nitrogens is 1. The van der Waals surface area contributed by atoms with Crippen molar-refractivity contribution in [3.8, 4) is 11.5 Å². The van der Waals surface area contributed by atoms with Crippen molar-refractivity contribution in [2.24, 2.45) is 0 Å². The highest BCUT2D eigenvalue weighted by atomic mass is 19.4. The van der Waals surface area contributed by atoms with Gasteiger partial charge in [0.1, 0.15) is 40.1 Å². The summed E-state index contributed by atoms with van der Waals surface area (Å²) in [4.78, 5) is 16.5. The molecule has 226 valence electrons. The Bertz CT molecular complexity index is 1570. The van der Waals surface area contributed by atoms with Crippen molar-refractivity contribution >= 4 is 34.5 Å². The third-order valence-electron chi connectivity index (χ3n) is 5.88. The van der Waals surface area contributed by atoms with E-state index < -0.39 is 41.0 Å². The summed E-state index contributed by atoms with van der Waals surface area (Å²) in [6, 6.07) is 9.03. The molecule has 7 N–H and O–H groups in total. The molecule has 14 heteroatoms. The molecule has 0 saturated heterocycles. The third kappa shape index (κ3) is 8.63. The van der Waals surface area contributed by atoms with Crippen molar-refractivity contribution < 1.29 is 37.4 Å². The van der Waals surface area contributed by atoms with Gasteiger partial charge >= 0.3 is 12.1 Å². The summed E-state index contributed by atoms with van der Waals surface area (Å²) < 4.78 is 60.8. The molecule has 10 nitrogen and oxygen atoms in total. The molecular formula is C29H28F4N6O4. The second kappa shape index (κ2) is 14.1. The second-order valence-corrected chi connectivity index (χ2v) is 9.17. The number of carbonyl (C=O) groups excluding carboxylic acids is 1. The van der Waals surface area contributed by atoms with Crippen molar-refractivity contribution in [1.82, 2.24) is 10.3 Å². The van der Waals surface area contributed by atoms with Gasteiger partial charge in [-0.15, -0.1) is 0 Å². The molecule has 3 rings (SSSR count). The quantitative estimate of drug-likeness (QED) is 0.0516. The summed E-state index contributed by atoms with van der Waals surface area (Å²) in [7, 11) is 0. The average Bonchev–Trinajstić information content (AvgIpc) is 2.95. The van der Waals surface area contributed by atoms with E-state index in [2.05, 4.69) is 15.6 Å². The van der Waals surface area contributed by atoms with Gasteiger partial charge in [-0.05, 0) is 55.3 Å². The zero-order valence-corrected chi connectivity index (χ0v) is 22.9. The van der Waals surface area contributed by atoms with Crippen LogP contribution in [0.2, 0.25) is 0 Å². The summed E-state index contributed by atoms with van der Waals surface area (Å²) in [6.07, 6.45) is 0.329. The number of halogens is 4. The molecule has 0 spiro atoms. The maximum absolute atomic E-state index is 14.0. The lowest BCUT2D eigenvalue weighted by atomic mass is 10.1. The summed E-state index contributed by atoms with van der Waals surface area (Å²) >= 11 is 0. The fourth-order valence-electron chi connectivity index (χ4n) is 3.65. The van der Waals surface area contributed by atoms with E-state index >= 15 is 0 Å². The molecule has 0 saturated carbocycles. The Morgan fingerprint density at radius 1 is 1.21 bits per heavy atom. The Morgan fingerprint density at radius 3 is 2.53 bits per heavy atom. The Balaban J connectivity index is 1.84. The minimum atomic E-state index is -4.93. The number of nitrogens with two attached hydrogens (primary N) is 1. The first-order chi connectivity index (χ1) is 20.3. The van der Waals surface area contributed by atoms with Crippen LogP contribution in [-0.4, -0.2) is 40.2 Å². The molecule has 1 aromatic heterocycles. The smallest absolute Gasteiger partial charge is 0.420 e. The number of carbonyl (C=O) groups is 1. The van der Waals surface area contributed by atoms with Crippen LogP contribution in [0, 0.1) is 16.4 Å². The van der Waals surface area contributed by atoms with E-state index in [1.165, 1.54) is 35.6 Å². The molecule has 0 unspecified atom stereocenters. The van der Waals surface area contributed by atoms with Gasteiger partial charge < -0.3 is 31.4 Å². The molecule has 0 bridgehead atoms. The van der Waals surface area contributed by atoms with Crippen LogP contribution in [0.3, 0.4) is 0 Å². The van der Waals surface area contributed by atoms with Gasteiger partial charge in [-0.2, -0.15) is 13.2 Å². The predicted molar refractivity (Wildman–Crippen MR) is 154 cm³/mol. The topological polar surface area (TPSA) is 170 Å². The van der Waals surface area contributed by atoms with Gasteiger partial charge in [-0.1, -0.05) is 24.3 Å². The molecule has 1 atom stereocenters. The first-order valence-electron chi connectivity index (χ1n) is 12.6. The largest absolute Gasteiger partial charge is 0.625 e. The Hall–Kier alpha value is -5.24. The fourth-order valence-corrected chi connectivity index (χ4v) is 3.65. The number of ether oxygens (including phenoxy) is 1. The number of amides is 1. The van der Waals surface area contributed by atoms with Crippen LogP contribution in [0.15, 0.2) is 73.0 Å². The number of anilines is 2. The number of aliphatic hydroxyl groups is 1. The lowest BCUT2D eigenvalue weighted by Gasteiger charge is -2.19. The number of benzene rings is 2. The Kier molecular flexibility index (Phi) is 10.6. The van der Waals surface area contributed by atoms with Crippen LogP contribution in [0.4, 0.5) is 29.1 Å². The van der Waals surface area contributed by atoms with E-state index in [0.717, 1.165) is 18.2 Å². The summed E-state index contributed by atoms with van der Waals surface area (Å²) in [5.74, 6) is -2.81. The normalized spacial score (nSPS) is 13.1. The van der Waals surface area contributed by atoms with E-state index in [4.69, 9.17) is 15.9 Å². The fraction of sp³-hybridized carbons (Fsp3) is 0.172. The van der Waals surface area contributed by atoms with Gasteiger partial charge in [0.25, 0.3) is 5.71 Å². The molecule has 0 fully saturated rings. The molecule has 3 aromatic rings. The molecule has 1 heterocycles. The average molecular weight is 601 g/mol. The zero-order chi connectivity index (χ0) is 31.7. The van der Waals surface area contributed by atoms with E-state index in [-0.39, 0.29) is 35.3 Å². The van der Waals surface area contributed by atoms with E-state index in [0.29, 0.717) is 17.2 Å². The van der Waals surface area contributed by atoms with Gasteiger partial charge in [-0.25, -0.2) is 14.5 Å². The summed E-state index contributed by atoms with van der Waals surface area (Å²) in [5, 5.41) is 35.2. The zero-order valence-electron chi connectivity index (χ0n) is 22.9. The molecule has 0 aliphatic carbocycles. The minimum absolute atomic E-state index is 0.121. The monoisotopic (exact) mass is 600 g/mol. The second-order valence-electron chi connectivity index (χ2n) is 9.17. The summed E-state index contributed by atoms with van der Waals surface area (Å²) in [6.45, 7) is 2.97. The maximum atomic E-state index is 14.0. The lowest BCUT2D eigenvalue weighted by molar-refractivity contribution is -0.371. The minimum Gasteiger partial charge on any atom is -0.625 e. The number of pyridine rings is 1. The highest BCUT2D eigenvalue weighted by molar-refractivity contribution is 6.44. The van der Waals surface area contributed by atoms with Gasteiger partial charge in [0, 0.05) is 30.1 Å². The molecular weight excluding hydrogens is 572 g/mol. The van der Waals surface area contributed by atoms with E-state index in [1.54, 1.807) is 32.1 Å². The standard InChI is InChI=1S/C29H28F4N6O4/c1-16(18-6-8-19(30)9-7-18)4-3-5-22(39-42)28(41)38-20-10-11-23(21(14-20)29(31,32)33)43-24-12-13-36-26(34)25(24)27(35)37-17(2)15-40/h3-14,17,39-40H,15H2,1-2H3,(H5-,34,35,36,37,38,41,42)/b5-3-,16-4+/t17-/m1/s1. The summed E-state index contributed by atoms with van der Waals surface area (Å²) in [5.41, 5.74) is 5.09. The van der Waals surface area contributed by atoms with E-state index in [9.17, 15) is 32.7 Å². The predicted octanol–water partition coefficient (Wildman–Crippen LogP) is 3.53. The van der Waals surface area contributed by atoms with Crippen LogP contribution >= 0.6 is 0 Å². The SMILES string of the molecule is C\C(=C/C=C\C(=[NH+]\[O-])C(=O)Nc1ccc(Oc2ccnc(N)c2C(=N)N[C@H](C)CO)c(C(F)(F)F)c1)c1ccc(F)cc1. The number of allylic oxidation sites excluding steroid dienone is 3.